The molecule has 0 aromatic carbocycles. The highest BCUT2D eigenvalue weighted by molar-refractivity contribution is 4.87. The predicted octanol–water partition coefficient (Wildman–Crippen LogP) is 1.31. The minimum Gasteiger partial charge on any atom is -0.318 e. The molecular formula is C9H18N2. The lowest BCUT2D eigenvalue weighted by Gasteiger charge is -2.45. The van der Waals surface area contributed by atoms with Crippen molar-refractivity contribution in [1.82, 2.24) is 4.90 Å². The molecule has 0 aromatic rings. The molecule has 2 N–H and O–H groups in total. The predicted molar refractivity (Wildman–Crippen MR) is 46.2 cm³/mol. The van der Waals surface area contributed by atoms with Crippen LogP contribution in [-0.2, 0) is 0 Å². The van der Waals surface area contributed by atoms with Crippen molar-refractivity contribution in [3.05, 3.63) is 0 Å². The summed E-state index contributed by atoms with van der Waals surface area (Å²) in [5, 5.41) is 0. The van der Waals surface area contributed by atoms with Gasteiger partial charge in [0.25, 0.3) is 0 Å². The number of hydrogen-bond acceptors (Lipinski definition) is 2. The van der Waals surface area contributed by atoms with E-state index in [2.05, 4.69) is 4.90 Å². The van der Waals surface area contributed by atoms with E-state index in [1.54, 1.807) is 0 Å². The van der Waals surface area contributed by atoms with Gasteiger partial charge in [-0.25, -0.2) is 0 Å². The van der Waals surface area contributed by atoms with Crippen molar-refractivity contribution in [1.29, 1.82) is 0 Å². The molecule has 2 saturated heterocycles. The lowest BCUT2D eigenvalue weighted by atomic mass is 9.85. The third kappa shape index (κ3) is 1.30. The van der Waals surface area contributed by atoms with Gasteiger partial charge in [0.1, 0.15) is 0 Å². The summed E-state index contributed by atoms with van der Waals surface area (Å²) in [5.41, 5.74) is 5.72. The molecule has 2 rings (SSSR count). The number of nitrogens with zero attached hydrogens (tertiary/aromatic N) is 1. The Bertz CT molecular complexity index is 114. The van der Waals surface area contributed by atoms with Gasteiger partial charge in [-0.1, -0.05) is 12.8 Å². The van der Waals surface area contributed by atoms with Crippen molar-refractivity contribution in [3.8, 4) is 0 Å². The topological polar surface area (TPSA) is 29.3 Å². The van der Waals surface area contributed by atoms with Crippen molar-refractivity contribution in [2.75, 3.05) is 6.67 Å². The Morgan fingerprint density at radius 2 is 1.45 bits per heavy atom. The molecule has 2 bridgehead atoms. The van der Waals surface area contributed by atoms with Gasteiger partial charge < -0.3 is 5.73 Å². The third-order valence-corrected chi connectivity index (χ3v) is 3.30. The van der Waals surface area contributed by atoms with Gasteiger partial charge in [0.15, 0.2) is 0 Å². The van der Waals surface area contributed by atoms with E-state index < -0.39 is 0 Å². The highest BCUT2D eigenvalue weighted by Crippen LogP contribution is 2.32. The fraction of sp³-hybridized carbons (Fsp3) is 1.00. The van der Waals surface area contributed by atoms with E-state index in [0.29, 0.717) is 0 Å². The van der Waals surface area contributed by atoms with Crippen molar-refractivity contribution in [2.45, 2.75) is 50.6 Å². The minimum atomic E-state index is 0.787. The smallest absolute Gasteiger partial charge is 0.0460 e. The van der Waals surface area contributed by atoms with E-state index in [1.165, 1.54) is 38.5 Å². The van der Waals surface area contributed by atoms with Crippen LogP contribution in [0, 0.1) is 0 Å². The fourth-order valence-corrected chi connectivity index (χ4v) is 2.73. The molecule has 0 unspecified atom stereocenters. The summed E-state index contributed by atoms with van der Waals surface area (Å²) in [5.74, 6) is 0. The van der Waals surface area contributed by atoms with Crippen LogP contribution in [0.4, 0.5) is 0 Å². The Labute approximate surface area is 68.7 Å². The third-order valence-electron chi connectivity index (χ3n) is 3.30. The summed E-state index contributed by atoms with van der Waals surface area (Å²) in [4.78, 5) is 2.52. The fourth-order valence-electron chi connectivity index (χ4n) is 2.73. The molecule has 2 nitrogen and oxygen atoms in total. The molecule has 2 heteroatoms. The summed E-state index contributed by atoms with van der Waals surface area (Å²) >= 11 is 0. The average molecular weight is 154 g/mol. The molecule has 0 atom stereocenters. The first-order chi connectivity index (χ1) is 5.42. The molecule has 2 fully saturated rings. The van der Waals surface area contributed by atoms with Gasteiger partial charge in [-0.05, 0) is 25.7 Å². The summed E-state index contributed by atoms with van der Waals surface area (Å²) in [6, 6.07) is 1.68. The van der Waals surface area contributed by atoms with Crippen LogP contribution in [0.3, 0.4) is 0 Å². The molecule has 2 aliphatic heterocycles. The van der Waals surface area contributed by atoms with Crippen LogP contribution in [0.15, 0.2) is 0 Å². The normalized spacial score (nSPS) is 39.0. The first kappa shape index (κ1) is 7.56. The van der Waals surface area contributed by atoms with Crippen LogP contribution >= 0.6 is 0 Å². The van der Waals surface area contributed by atoms with Gasteiger partial charge >= 0.3 is 0 Å². The zero-order valence-electron chi connectivity index (χ0n) is 7.13. The van der Waals surface area contributed by atoms with Gasteiger partial charge in [0.05, 0.1) is 0 Å². The number of fused-ring (bicyclic) bond motifs is 2. The Morgan fingerprint density at radius 1 is 1.00 bits per heavy atom. The molecule has 0 amide bonds. The molecule has 0 aliphatic carbocycles. The molecule has 2 aliphatic rings. The highest BCUT2D eigenvalue weighted by Gasteiger charge is 2.32. The molecule has 0 radical (unpaired) electrons. The van der Waals surface area contributed by atoms with E-state index >= 15 is 0 Å². The Kier molecular flexibility index (Phi) is 2.14. The van der Waals surface area contributed by atoms with Crippen LogP contribution in [0.2, 0.25) is 0 Å². The van der Waals surface area contributed by atoms with E-state index in [0.717, 1.165) is 18.8 Å². The van der Waals surface area contributed by atoms with Crippen molar-refractivity contribution >= 4 is 0 Å². The van der Waals surface area contributed by atoms with Crippen molar-refractivity contribution < 1.29 is 0 Å². The van der Waals surface area contributed by atoms with Crippen molar-refractivity contribution in [2.24, 2.45) is 5.73 Å². The van der Waals surface area contributed by atoms with Crippen LogP contribution in [0.5, 0.6) is 0 Å². The van der Waals surface area contributed by atoms with Crippen LogP contribution in [0.25, 0.3) is 0 Å². The van der Waals surface area contributed by atoms with E-state index in [9.17, 15) is 0 Å². The van der Waals surface area contributed by atoms with E-state index in [-0.39, 0.29) is 0 Å². The minimum absolute atomic E-state index is 0.787. The SMILES string of the molecule is NCN1C2CCCC1CCC2. The second-order valence-electron chi connectivity index (χ2n) is 3.87. The maximum atomic E-state index is 5.72. The zero-order chi connectivity index (χ0) is 7.68. The van der Waals surface area contributed by atoms with Crippen LogP contribution in [-0.4, -0.2) is 23.7 Å². The first-order valence-corrected chi connectivity index (χ1v) is 4.87. The van der Waals surface area contributed by atoms with Gasteiger partial charge in [-0.15, -0.1) is 0 Å². The quantitative estimate of drug-likeness (QED) is 0.617. The molecule has 64 valence electrons. The number of hydrogen-bond donors (Lipinski definition) is 1. The zero-order valence-corrected chi connectivity index (χ0v) is 7.13. The Morgan fingerprint density at radius 3 is 1.73 bits per heavy atom. The molecule has 11 heavy (non-hydrogen) atoms. The van der Waals surface area contributed by atoms with E-state index in [4.69, 9.17) is 5.73 Å². The lowest BCUT2D eigenvalue weighted by Crippen LogP contribution is -2.51. The van der Waals surface area contributed by atoms with Crippen molar-refractivity contribution in [3.63, 3.8) is 0 Å². The second kappa shape index (κ2) is 3.11. The standard InChI is InChI=1S/C9H18N2/c10-7-11-8-3-1-4-9(11)6-2-5-8/h8-9H,1-7,10H2. The molecule has 2 heterocycles. The number of piperidine rings is 2. The lowest BCUT2D eigenvalue weighted by molar-refractivity contribution is 0.0431. The van der Waals surface area contributed by atoms with Gasteiger partial charge in [0, 0.05) is 18.8 Å². The first-order valence-electron chi connectivity index (χ1n) is 4.87. The summed E-state index contributed by atoms with van der Waals surface area (Å²) in [6.07, 6.45) is 8.46. The van der Waals surface area contributed by atoms with E-state index in [1.807, 2.05) is 0 Å². The number of rotatable bonds is 1. The molecule has 0 aromatic heterocycles. The molecular weight excluding hydrogens is 136 g/mol. The Balaban J connectivity index is 2.04. The van der Waals surface area contributed by atoms with Crippen LogP contribution in [0.1, 0.15) is 38.5 Å². The number of nitrogens with two attached hydrogens (primary N) is 1. The Hall–Kier alpha value is -0.0800. The second-order valence-corrected chi connectivity index (χ2v) is 3.87. The summed E-state index contributed by atoms with van der Waals surface area (Å²) in [7, 11) is 0. The highest BCUT2D eigenvalue weighted by atomic mass is 15.2. The average Bonchev–Trinajstić information content (AvgIpc) is 2.03. The molecule has 0 saturated carbocycles. The van der Waals surface area contributed by atoms with Gasteiger partial charge in [-0.3, -0.25) is 4.90 Å². The monoisotopic (exact) mass is 154 g/mol. The van der Waals surface area contributed by atoms with Crippen LogP contribution < -0.4 is 5.73 Å². The largest absolute Gasteiger partial charge is 0.318 e. The molecule has 0 spiro atoms. The summed E-state index contributed by atoms with van der Waals surface area (Å²) in [6.45, 7) is 0.787. The maximum Gasteiger partial charge on any atom is 0.0460 e. The van der Waals surface area contributed by atoms with Gasteiger partial charge in [-0.2, -0.15) is 0 Å². The summed E-state index contributed by atoms with van der Waals surface area (Å²) < 4.78 is 0. The van der Waals surface area contributed by atoms with Gasteiger partial charge in [0.2, 0.25) is 0 Å². The maximum absolute atomic E-state index is 5.72.